The van der Waals surface area contributed by atoms with Gasteiger partial charge in [-0.3, -0.25) is 4.90 Å². The molecule has 0 unspecified atom stereocenters. The lowest BCUT2D eigenvalue weighted by Gasteiger charge is -2.34. The van der Waals surface area contributed by atoms with E-state index in [4.69, 9.17) is 14.5 Å². The monoisotopic (exact) mass is 653 g/mol. The van der Waals surface area contributed by atoms with Crippen molar-refractivity contribution in [1.82, 2.24) is 19.9 Å². The molecule has 2 saturated heterocycles. The molecule has 4 heterocycles. The highest BCUT2D eigenvalue weighted by Gasteiger charge is 2.42. The average Bonchev–Trinajstić information content (AvgIpc) is 3.26. The number of halogens is 5. The van der Waals surface area contributed by atoms with E-state index in [0.717, 1.165) is 39.9 Å². The first-order chi connectivity index (χ1) is 22.2. The van der Waals surface area contributed by atoms with E-state index in [0.29, 0.717) is 22.9 Å². The third-order valence-electron chi connectivity index (χ3n) is 8.56. The van der Waals surface area contributed by atoms with Gasteiger partial charge >= 0.3 is 12.3 Å². The van der Waals surface area contributed by atoms with Crippen LogP contribution in [-0.4, -0.2) is 58.4 Å². The standard InChI is InChI=1S/C34H32F5N5O3/c1-17-6-18(2)29(19(3)7-17)22-10-26(31(46-5)40-12-22)27-13-41-32(43-14-25(36)15-43)42-28(27)16-44-20(4)30(47-33(44)45)21-8-23(34(37,38)39)11-24(35)9-21/h6-13,20,25,30H,14-16H2,1-5H3/t20-,30-/m0/s1. The van der Waals surface area contributed by atoms with Crippen molar-refractivity contribution in [2.24, 2.45) is 0 Å². The van der Waals surface area contributed by atoms with Crippen molar-refractivity contribution in [3.63, 3.8) is 0 Å². The normalized spacial score (nSPS) is 18.4. The minimum atomic E-state index is -4.79. The molecule has 2 aliphatic heterocycles. The van der Waals surface area contributed by atoms with Gasteiger partial charge in [-0.1, -0.05) is 17.7 Å². The Morgan fingerprint density at radius 1 is 0.979 bits per heavy atom. The van der Waals surface area contributed by atoms with Crippen molar-refractivity contribution in [3.05, 3.63) is 88.1 Å². The zero-order chi connectivity index (χ0) is 33.8. The number of alkyl halides is 4. The minimum absolute atomic E-state index is 0.108. The number of anilines is 1. The zero-order valence-corrected chi connectivity index (χ0v) is 26.3. The summed E-state index contributed by atoms with van der Waals surface area (Å²) in [6.45, 7) is 7.72. The molecule has 0 saturated carbocycles. The first-order valence-electron chi connectivity index (χ1n) is 15.0. The van der Waals surface area contributed by atoms with E-state index in [1.54, 1.807) is 24.2 Å². The molecule has 1 amide bonds. The van der Waals surface area contributed by atoms with E-state index < -0.39 is 42.0 Å². The zero-order valence-electron chi connectivity index (χ0n) is 26.3. The van der Waals surface area contributed by atoms with Crippen LogP contribution in [0, 0.1) is 26.6 Å². The topological polar surface area (TPSA) is 80.7 Å². The molecular formula is C34H32F5N5O3. The third-order valence-corrected chi connectivity index (χ3v) is 8.56. The van der Waals surface area contributed by atoms with Crippen LogP contribution < -0.4 is 9.64 Å². The number of nitrogens with zero attached hydrogens (tertiary/aromatic N) is 5. The Morgan fingerprint density at radius 2 is 1.68 bits per heavy atom. The second-order valence-electron chi connectivity index (χ2n) is 12.0. The number of carbonyl (C=O) groups excluding carboxylic acids is 1. The Labute approximate surface area is 268 Å². The predicted octanol–water partition coefficient (Wildman–Crippen LogP) is 7.54. The molecule has 246 valence electrons. The number of amides is 1. The first kappa shape index (κ1) is 32.1. The molecule has 2 aliphatic rings. The van der Waals surface area contributed by atoms with Gasteiger partial charge in [-0.25, -0.2) is 28.5 Å². The van der Waals surface area contributed by atoms with Gasteiger partial charge in [0, 0.05) is 29.1 Å². The van der Waals surface area contributed by atoms with Crippen molar-refractivity contribution in [2.45, 2.75) is 58.7 Å². The second kappa shape index (κ2) is 12.1. The average molecular weight is 654 g/mol. The van der Waals surface area contributed by atoms with Gasteiger partial charge in [0.15, 0.2) is 0 Å². The summed E-state index contributed by atoms with van der Waals surface area (Å²) in [4.78, 5) is 30.0. The Balaban J connectivity index is 1.41. The van der Waals surface area contributed by atoms with Crippen LogP contribution in [0.4, 0.5) is 32.7 Å². The van der Waals surface area contributed by atoms with Gasteiger partial charge < -0.3 is 14.4 Å². The van der Waals surface area contributed by atoms with Gasteiger partial charge in [-0.2, -0.15) is 13.2 Å². The molecule has 4 aromatic rings. The third kappa shape index (κ3) is 6.18. The molecule has 2 aromatic carbocycles. The molecule has 6 rings (SSSR count). The number of hydrogen-bond acceptors (Lipinski definition) is 7. The van der Waals surface area contributed by atoms with Crippen molar-refractivity contribution < 1.29 is 36.2 Å². The maximum absolute atomic E-state index is 14.3. The summed E-state index contributed by atoms with van der Waals surface area (Å²) in [6.07, 6.45) is -4.54. The number of ether oxygens (including phenoxy) is 2. The lowest BCUT2D eigenvalue weighted by molar-refractivity contribution is -0.137. The SMILES string of the molecule is COc1ncc(-c2c(C)cc(C)cc2C)cc1-c1cnc(N2CC(F)C2)nc1CN1C(=O)O[C@H](c2cc(F)cc(C(F)(F)F)c2)[C@@H]1C. The predicted molar refractivity (Wildman–Crippen MR) is 164 cm³/mol. The number of hydrogen-bond donors (Lipinski definition) is 0. The highest BCUT2D eigenvalue weighted by atomic mass is 19.4. The molecule has 0 bridgehead atoms. The van der Waals surface area contributed by atoms with Crippen LogP contribution in [0.25, 0.3) is 22.3 Å². The Hall–Kier alpha value is -4.81. The molecule has 2 aromatic heterocycles. The Bertz CT molecular complexity index is 1840. The molecule has 0 aliphatic carbocycles. The van der Waals surface area contributed by atoms with E-state index in [1.165, 1.54) is 12.0 Å². The maximum atomic E-state index is 14.3. The molecule has 2 atom stereocenters. The summed E-state index contributed by atoms with van der Waals surface area (Å²) in [5.41, 5.74) is 5.10. The van der Waals surface area contributed by atoms with E-state index in [-0.39, 0.29) is 37.0 Å². The van der Waals surface area contributed by atoms with Crippen molar-refractivity contribution in [1.29, 1.82) is 0 Å². The number of cyclic esters (lactones) is 1. The molecule has 0 N–H and O–H groups in total. The van der Waals surface area contributed by atoms with Crippen molar-refractivity contribution in [2.75, 3.05) is 25.1 Å². The molecular weight excluding hydrogens is 621 g/mol. The summed E-state index contributed by atoms with van der Waals surface area (Å²) < 4.78 is 79.6. The van der Waals surface area contributed by atoms with E-state index in [1.807, 2.05) is 26.8 Å². The maximum Gasteiger partial charge on any atom is 0.416 e. The number of methoxy groups -OCH3 is 1. The van der Waals surface area contributed by atoms with Gasteiger partial charge in [0.2, 0.25) is 11.8 Å². The Kier molecular flexibility index (Phi) is 8.27. The summed E-state index contributed by atoms with van der Waals surface area (Å²) in [5, 5.41) is 0. The second-order valence-corrected chi connectivity index (χ2v) is 12.0. The number of pyridine rings is 1. The van der Waals surface area contributed by atoms with Crippen LogP contribution in [0.3, 0.4) is 0 Å². The Morgan fingerprint density at radius 3 is 2.32 bits per heavy atom. The summed E-state index contributed by atoms with van der Waals surface area (Å²) in [7, 11) is 1.48. The van der Waals surface area contributed by atoms with Crippen LogP contribution in [0.2, 0.25) is 0 Å². The van der Waals surface area contributed by atoms with Crippen LogP contribution >= 0.6 is 0 Å². The number of rotatable bonds is 7. The lowest BCUT2D eigenvalue weighted by Crippen LogP contribution is -2.49. The smallest absolute Gasteiger partial charge is 0.416 e. The summed E-state index contributed by atoms with van der Waals surface area (Å²) in [6, 6.07) is 7.35. The summed E-state index contributed by atoms with van der Waals surface area (Å²) >= 11 is 0. The van der Waals surface area contributed by atoms with Gasteiger partial charge in [-0.15, -0.1) is 0 Å². The molecule has 0 spiro atoms. The van der Waals surface area contributed by atoms with Crippen LogP contribution in [0.15, 0.2) is 48.8 Å². The number of carbonyl (C=O) groups is 1. The van der Waals surface area contributed by atoms with Crippen LogP contribution in [0.5, 0.6) is 5.88 Å². The molecule has 8 nitrogen and oxygen atoms in total. The number of aromatic nitrogens is 3. The fraction of sp³-hybridized carbons (Fsp3) is 0.353. The van der Waals surface area contributed by atoms with Crippen LogP contribution in [-0.2, 0) is 17.5 Å². The number of aryl methyl sites for hydroxylation is 3. The first-order valence-corrected chi connectivity index (χ1v) is 15.0. The van der Waals surface area contributed by atoms with Gasteiger partial charge in [0.1, 0.15) is 18.1 Å². The lowest BCUT2D eigenvalue weighted by atomic mass is 9.93. The molecule has 0 radical (unpaired) electrons. The van der Waals surface area contributed by atoms with Gasteiger partial charge in [-0.05, 0) is 74.2 Å². The highest BCUT2D eigenvalue weighted by Crippen LogP contribution is 2.40. The highest BCUT2D eigenvalue weighted by molar-refractivity contribution is 5.80. The molecule has 13 heteroatoms. The van der Waals surface area contributed by atoms with Crippen molar-refractivity contribution in [3.8, 4) is 28.1 Å². The van der Waals surface area contributed by atoms with Crippen LogP contribution in [0.1, 0.15) is 46.5 Å². The fourth-order valence-electron chi connectivity index (χ4n) is 6.33. The largest absolute Gasteiger partial charge is 0.481 e. The minimum Gasteiger partial charge on any atom is -0.481 e. The fourth-order valence-corrected chi connectivity index (χ4v) is 6.33. The van der Waals surface area contributed by atoms with E-state index >= 15 is 0 Å². The van der Waals surface area contributed by atoms with Crippen molar-refractivity contribution >= 4 is 12.0 Å². The van der Waals surface area contributed by atoms with Gasteiger partial charge in [0.25, 0.3) is 0 Å². The quantitative estimate of drug-likeness (QED) is 0.191. The van der Waals surface area contributed by atoms with Gasteiger partial charge in [0.05, 0.1) is 44.0 Å². The number of benzene rings is 2. The van der Waals surface area contributed by atoms with E-state index in [2.05, 4.69) is 22.1 Å². The molecule has 47 heavy (non-hydrogen) atoms. The van der Waals surface area contributed by atoms with E-state index in [9.17, 15) is 26.7 Å². The molecule has 2 fully saturated rings. The summed E-state index contributed by atoms with van der Waals surface area (Å²) in [5.74, 6) is -0.572.